The van der Waals surface area contributed by atoms with Gasteiger partial charge in [0.2, 0.25) is 0 Å². The summed E-state index contributed by atoms with van der Waals surface area (Å²) in [7, 11) is 0. The molecule has 172 valence electrons. The van der Waals surface area contributed by atoms with Crippen molar-refractivity contribution in [1.82, 2.24) is 4.90 Å². The van der Waals surface area contributed by atoms with E-state index in [1.54, 1.807) is 0 Å². The van der Waals surface area contributed by atoms with Gasteiger partial charge in [-0.15, -0.1) is 0 Å². The molecule has 0 spiro atoms. The van der Waals surface area contributed by atoms with Gasteiger partial charge in [-0.05, 0) is 0 Å². The molecule has 0 bridgehead atoms. The molecule has 0 saturated heterocycles. The summed E-state index contributed by atoms with van der Waals surface area (Å²) < 4.78 is 10.6. The van der Waals surface area contributed by atoms with Crippen LogP contribution in [-0.2, 0) is 4.74 Å². The van der Waals surface area contributed by atoms with E-state index in [0.29, 0.717) is 0 Å². The van der Waals surface area contributed by atoms with Crippen molar-refractivity contribution in [3.8, 4) is 0 Å². The third-order valence-electron chi connectivity index (χ3n) is 6.21. The first-order valence-electron chi connectivity index (χ1n) is 12.6. The molecule has 1 amide bonds. The maximum absolute atomic E-state index is 13.3. The van der Waals surface area contributed by atoms with Crippen molar-refractivity contribution < 1.29 is 9.53 Å². The molecule has 1 aromatic carbocycles. The summed E-state index contributed by atoms with van der Waals surface area (Å²) >= 11 is -2.81. The van der Waals surface area contributed by atoms with Gasteiger partial charge in [-0.3, -0.25) is 0 Å². The molecule has 3 nitrogen and oxygen atoms in total. The van der Waals surface area contributed by atoms with Crippen molar-refractivity contribution in [2.24, 2.45) is 0 Å². The van der Waals surface area contributed by atoms with Crippen LogP contribution in [0.5, 0.6) is 0 Å². The van der Waals surface area contributed by atoms with Crippen LogP contribution in [0.15, 0.2) is 30.3 Å². The monoisotopic (exact) mass is 525 g/mol. The minimum atomic E-state index is -2.81. The predicted molar refractivity (Wildman–Crippen MR) is 133 cm³/mol. The number of carbonyl (C=O) groups is 1. The first-order valence-corrected chi connectivity index (χ1v) is 20.3. The molecule has 0 saturated carbocycles. The maximum atomic E-state index is 13.3. The van der Waals surface area contributed by atoms with Crippen molar-refractivity contribution >= 4 is 24.5 Å². The van der Waals surface area contributed by atoms with Crippen molar-refractivity contribution in [3.63, 3.8) is 0 Å². The predicted octanol–water partition coefficient (Wildman–Crippen LogP) is 8.37. The van der Waals surface area contributed by atoms with E-state index in [1.807, 2.05) is 4.90 Å². The van der Waals surface area contributed by atoms with Crippen LogP contribution in [0.4, 0.5) is 4.79 Å². The van der Waals surface area contributed by atoms with Gasteiger partial charge in [0.15, 0.2) is 0 Å². The fourth-order valence-electron chi connectivity index (χ4n) is 4.54. The number of unbranched alkanes of at least 4 members (excludes halogenated alkanes) is 3. The van der Waals surface area contributed by atoms with E-state index in [9.17, 15) is 4.79 Å². The Morgan fingerprint density at radius 3 is 1.67 bits per heavy atom. The van der Waals surface area contributed by atoms with Gasteiger partial charge in [0, 0.05) is 0 Å². The van der Waals surface area contributed by atoms with E-state index >= 15 is 0 Å². The summed E-state index contributed by atoms with van der Waals surface area (Å²) in [6.07, 6.45) is 9.37. The van der Waals surface area contributed by atoms with Crippen LogP contribution < -0.4 is 0 Å². The molecule has 0 radical (unpaired) electrons. The number of carbonyl (C=O) groups excluding carboxylic acids is 1. The normalized spacial score (nSPS) is 12.6. The van der Waals surface area contributed by atoms with Gasteiger partial charge in [0.25, 0.3) is 0 Å². The van der Waals surface area contributed by atoms with Gasteiger partial charge >= 0.3 is 191 Å². The van der Waals surface area contributed by atoms with Crippen LogP contribution in [0, 0.1) is 0 Å². The first-order chi connectivity index (χ1) is 14.6. The summed E-state index contributed by atoms with van der Waals surface area (Å²) in [5.74, 6) is 0. The Labute approximate surface area is 190 Å². The molecule has 1 rings (SSSR count). The standard InChI is InChI=1S/C14H20NO2.3C4H9.Sn/c1-3-10-15(11-4-2)14(16)17-12-13-8-6-5-7-9-13;3*1-3-4-2;/h5-9,12H,3-4,10-11H2,1-2H3;3*1,3-4H2,2H3;. The number of ether oxygens (including phenoxy) is 1. The molecule has 0 fully saturated rings. The van der Waals surface area contributed by atoms with Crippen molar-refractivity contribution in [2.75, 3.05) is 13.1 Å². The van der Waals surface area contributed by atoms with Crippen molar-refractivity contribution in [2.45, 2.75) is 103 Å². The number of hydrogen-bond donors (Lipinski definition) is 0. The Morgan fingerprint density at radius 1 is 0.800 bits per heavy atom. The summed E-state index contributed by atoms with van der Waals surface area (Å²) in [5.41, 5.74) is 1.25. The van der Waals surface area contributed by atoms with Gasteiger partial charge in [-0.1, -0.05) is 0 Å². The number of hydrogen-bond acceptors (Lipinski definition) is 2. The van der Waals surface area contributed by atoms with E-state index in [4.69, 9.17) is 4.74 Å². The summed E-state index contributed by atoms with van der Waals surface area (Å²) in [4.78, 5) is 15.2. The number of rotatable bonds is 16. The van der Waals surface area contributed by atoms with Crippen LogP contribution in [0.25, 0.3) is 0 Å². The molecule has 0 aliphatic carbocycles. The Balaban J connectivity index is 3.35. The summed E-state index contributed by atoms with van der Waals surface area (Å²) in [6, 6.07) is 10.7. The molecular formula is C26H47NO2Sn. The molecule has 0 N–H and O–H groups in total. The Hall–Kier alpha value is -0.711. The van der Waals surface area contributed by atoms with Crippen LogP contribution in [0.1, 0.15) is 95.7 Å². The fraction of sp³-hybridized carbons (Fsp3) is 0.731. The number of benzene rings is 1. The summed E-state index contributed by atoms with van der Waals surface area (Å²) in [5, 5.41) is 0. The van der Waals surface area contributed by atoms with Gasteiger partial charge in [-0.2, -0.15) is 0 Å². The van der Waals surface area contributed by atoms with Crippen LogP contribution >= 0.6 is 0 Å². The number of nitrogens with zero attached hydrogens (tertiary/aromatic N) is 1. The second-order valence-corrected chi connectivity index (χ2v) is 22.4. The third kappa shape index (κ3) is 8.80. The minimum absolute atomic E-state index is 0.0360. The molecule has 0 aromatic heterocycles. The van der Waals surface area contributed by atoms with Gasteiger partial charge in [-0.25, -0.2) is 0 Å². The van der Waals surface area contributed by atoms with Gasteiger partial charge in [0.1, 0.15) is 0 Å². The third-order valence-corrected chi connectivity index (χ3v) is 22.2. The van der Waals surface area contributed by atoms with E-state index in [2.05, 4.69) is 65.0 Å². The Morgan fingerprint density at radius 2 is 1.27 bits per heavy atom. The SMILES string of the molecule is CCC[CH2][Sn]([CH2]CCC)([CH2]CCC)[C@H](OC(=O)N(CCC)CCC)c1ccccc1. The van der Waals surface area contributed by atoms with E-state index in [0.717, 1.165) is 25.9 Å². The zero-order valence-corrected chi connectivity index (χ0v) is 23.3. The van der Waals surface area contributed by atoms with Crippen LogP contribution in [0.2, 0.25) is 13.3 Å². The summed E-state index contributed by atoms with van der Waals surface area (Å²) in [6.45, 7) is 12.7. The van der Waals surface area contributed by atoms with Crippen LogP contribution in [-0.4, -0.2) is 42.5 Å². The quantitative estimate of drug-likeness (QED) is 0.203. The average molecular weight is 524 g/mol. The average Bonchev–Trinajstić information content (AvgIpc) is 2.77. The second kappa shape index (κ2) is 16.0. The second-order valence-electron chi connectivity index (χ2n) is 8.83. The molecule has 0 aliphatic rings. The van der Waals surface area contributed by atoms with Crippen molar-refractivity contribution in [1.29, 1.82) is 0 Å². The molecule has 1 aromatic rings. The fourth-order valence-corrected chi connectivity index (χ4v) is 21.5. The van der Waals surface area contributed by atoms with Gasteiger partial charge in [0.05, 0.1) is 0 Å². The number of amides is 1. The Bertz CT molecular complexity index is 536. The van der Waals surface area contributed by atoms with E-state index in [1.165, 1.54) is 57.4 Å². The Kier molecular flexibility index (Phi) is 14.6. The molecular weight excluding hydrogens is 477 g/mol. The topological polar surface area (TPSA) is 29.5 Å². The zero-order chi connectivity index (χ0) is 22.2. The first kappa shape index (κ1) is 27.3. The molecule has 0 aliphatic heterocycles. The zero-order valence-electron chi connectivity index (χ0n) is 20.4. The van der Waals surface area contributed by atoms with Gasteiger partial charge < -0.3 is 0 Å². The van der Waals surface area contributed by atoms with E-state index in [-0.39, 0.29) is 10.2 Å². The molecule has 0 heterocycles. The van der Waals surface area contributed by atoms with E-state index < -0.39 is 18.4 Å². The molecule has 30 heavy (non-hydrogen) atoms. The van der Waals surface area contributed by atoms with Crippen molar-refractivity contribution in [3.05, 3.63) is 35.9 Å². The van der Waals surface area contributed by atoms with Crippen LogP contribution in [0.3, 0.4) is 0 Å². The molecule has 4 heteroatoms. The molecule has 1 atom stereocenters. The molecule has 0 unspecified atom stereocenters.